The molecule has 0 atom stereocenters. The lowest BCUT2D eigenvalue weighted by atomic mass is 10.1. The number of benzene rings is 1. The van der Waals surface area contributed by atoms with Crippen LogP contribution in [0.25, 0.3) is 0 Å². The lowest BCUT2D eigenvalue weighted by molar-refractivity contribution is 0.0856. The second-order valence-corrected chi connectivity index (χ2v) is 6.10. The van der Waals surface area contributed by atoms with Gasteiger partial charge < -0.3 is 0 Å². The van der Waals surface area contributed by atoms with E-state index in [-0.39, 0.29) is 10.8 Å². The van der Waals surface area contributed by atoms with Gasteiger partial charge in [-0.25, -0.2) is 13.4 Å². The van der Waals surface area contributed by atoms with Crippen LogP contribution in [-0.4, -0.2) is 39.7 Å². The van der Waals surface area contributed by atoms with E-state index in [0.29, 0.717) is 5.56 Å². The first-order chi connectivity index (χ1) is 7.71. The molecule has 0 spiro atoms. The van der Waals surface area contributed by atoms with Crippen molar-refractivity contribution >= 4 is 15.7 Å². The highest BCUT2D eigenvalue weighted by Gasteiger charge is 2.14. The summed E-state index contributed by atoms with van der Waals surface area (Å²) >= 11 is 0. The fourth-order valence-corrected chi connectivity index (χ4v) is 1.99. The van der Waals surface area contributed by atoms with Crippen molar-refractivity contribution in [3.8, 4) is 0 Å². The van der Waals surface area contributed by atoms with Crippen LogP contribution in [0.1, 0.15) is 15.9 Å². The molecule has 0 aromatic heterocycles. The average Bonchev–Trinajstić information content (AvgIpc) is 2.15. The van der Waals surface area contributed by atoms with Crippen LogP contribution < -0.4 is 5.43 Å². The number of nitrogens with one attached hydrogen (secondary N) is 1. The van der Waals surface area contributed by atoms with E-state index in [1.54, 1.807) is 27.1 Å². The van der Waals surface area contributed by atoms with Crippen LogP contribution in [0.4, 0.5) is 0 Å². The van der Waals surface area contributed by atoms with Crippen molar-refractivity contribution in [1.29, 1.82) is 0 Å². The Morgan fingerprint density at radius 2 is 1.88 bits per heavy atom. The molecule has 94 valence electrons. The second-order valence-electron chi connectivity index (χ2n) is 4.08. The summed E-state index contributed by atoms with van der Waals surface area (Å²) in [6.45, 7) is 1.76. The van der Waals surface area contributed by atoms with Gasteiger partial charge in [-0.1, -0.05) is 6.07 Å². The third kappa shape index (κ3) is 3.54. The summed E-state index contributed by atoms with van der Waals surface area (Å²) in [5, 5.41) is 1.51. The van der Waals surface area contributed by atoms with Gasteiger partial charge >= 0.3 is 0 Å². The molecule has 1 amide bonds. The molecule has 1 aromatic carbocycles. The number of aryl methyl sites for hydroxylation is 1. The minimum atomic E-state index is -3.30. The van der Waals surface area contributed by atoms with Crippen molar-refractivity contribution in [2.75, 3.05) is 20.4 Å². The molecule has 1 aromatic rings. The summed E-state index contributed by atoms with van der Waals surface area (Å²) < 4.78 is 22.8. The van der Waals surface area contributed by atoms with Crippen LogP contribution in [-0.2, 0) is 9.84 Å². The van der Waals surface area contributed by atoms with Crippen molar-refractivity contribution in [3.05, 3.63) is 29.3 Å². The molecule has 0 unspecified atom stereocenters. The molecule has 6 heteroatoms. The molecule has 0 heterocycles. The summed E-state index contributed by atoms with van der Waals surface area (Å²) in [6.07, 6.45) is 1.12. The lowest BCUT2D eigenvalue weighted by Crippen LogP contribution is -2.36. The zero-order chi connectivity index (χ0) is 13.2. The van der Waals surface area contributed by atoms with Gasteiger partial charge in [0.2, 0.25) is 0 Å². The number of sulfone groups is 1. The van der Waals surface area contributed by atoms with Crippen molar-refractivity contribution in [3.63, 3.8) is 0 Å². The molecule has 0 radical (unpaired) electrons. The van der Waals surface area contributed by atoms with Gasteiger partial charge in [0, 0.05) is 25.9 Å². The summed E-state index contributed by atoms with van der Waals surface area (Å²) in [4.78, 5) is 12.0. The molecule has 0 bridgehead atoms. The lowest BCUT2D eigenvalue weighted by Gasteiger charge is -2.13. The van der Waals surface area contributed by atoms with Crippen molar-refractivity contribution in [2.24, 2.45) is 0 Å². The highest BCUT2D eigenvalue weighted by molar-refractivity contribution is 7.90. The molecule has 0 aliphatic rings. The Morgan fingerprint density at radius 1 is 1.29 bits per heavy atom. The average molecular weight is 256 g/mol. The fraction of sp³-hybridized carbons (Fsp3) is 0.364. The maximum atomic E-state index is 11.8. The molecule has 1 rings (SSSR count). The molecular weight excluding hydrogens is 240 g/mol. The van der Waals surface area contributed by atoms with Gasteiger partial charge in [-0.2, -0.15) is 0 Å². The molecular formula is C11H16N2O3S. The number of hydrogen-bond donors (Lipinski definition) is 1. The molecule has 5 nitrogen and oxygen atoms in total. The van der Waals surface area contributed by atoms with E-state index in [1.807, 2.05) is 0 Å². The predicted molar refractivity (Wildman–Crippen MR) is 65.4 cm³/mol. The number of hydrazine groups is 1. The van der Waals surface area contributed by atoms with Gasteiger partial charge in [-0.15, -0.1) is 0 Å². The summed E-state index contributed by atoms with van der Waals surface area (Å²) in [7, 11) is 0.0786. The molecule has 0 saturated carbocycles. The van der Waals surface area contributed by atoms with Crippen molar-refractivity contribution in [1.82, 2.24) is 10.4 Å². The Kier molecular flexibility index (Phi) is 3.90. The smallest absolute Gasteiger partial charge is 0.265 e. The molecule has 0 aliphatic carbocycles. The number of nitrogens with zero attached hydrogens (tertiary/aromatic N) is 1. The monoisotopic (exact) mass is 256 g/mol. The Hall–Kier alpha value is -1.40. The third-order valence-corrected chi connectivity index (χ3v) is 3.32. The van der Waals surface area contributed by atoms with E-state index in [2.05, 4.69) is 5.43 Å². The minimum Gasteiger partial charge on any atom is -0.285 e. The van der Waals surface area contributed by atoms with Crippen molar-refractivity contribution in [2.45, 2.75) is 11.8 Å². The molecule has 17 heavy (non-hydrogen) atoms. The van der Waals surface area contributed by atoms with Crippen LogP contribution in [0.2, 0.25) is 0 Å². The molecule has 0 aliphatic heterocycles. The zero-order valence-corrected chi connectivity index (χ0v) is 11.1. The number of carbonyl (C=O) groups is 1. The molecule has 0 fully saturated rings. The zero-order valence-electron chi connectivity index (χ0n) is 10.3. The Morgan fingerprint density at radius 3 is 2.35 bits per heavy atom. The van der Waals surface area contributed by atoms with Crippen LogP contribution >= 0.6 is 0 Å². The van der Waals surface area contributed by atoms with Crippen LogP contribution in [0.5, 0.6) is 0 Å². The molecule has 1 N–H and O–H groups in total. The van der Waals surface area contributed by atoms with Gasteiger partial charge in [0.1, 0.15) is 0 Å². The molecule has 0 saturated heterocycles. The summed E-state index contributed by atoms with van der Waals surface area (Å²) in [6, 6.07) is 4.52. The highest BCUT2D eigenvalue weighted by atomic mass is 32.2. The first-order valence-corrected chi connectivity index (χ1v) is 6.90. The largest absolute Gasteiger partial charge is 0.285 e. The van der Waals surface area contributed by atoms with Gasteiger partial charge in [-0.05, 0) is 24.6 Å². The van der Waals surface area contributed by atoms with Gasteiger partial charge in [0.25, 0.3) is 5.91 Å². The number of carbonyl (C=O) groups excluding carboxylic acids is 1. The topological polar surface area (TPSA) is 66.5 Å². The minimum absolute atomic E-state index is 0.145. The van der Waals surface area contributed by atoms with Crippen molar-refractivity contribution < 1.29 is 13.2 Å². The highest BCUT2D eigenvalue weighted by Crippen LogP contribution is 2.15. The number of hydrogen-bond acceptors (Lipinski definition) is 4. The van der Waals surface area contributed by atoms with Crippen LogP contribution in [0.15, 0.2) is 23.1 Å². The summed E-state index contributed by atoms with van der Waals surface area (Å²) in [5.41, 5.74) is 3.67. The Balaban J connectivity index is 3.20. The van der Waals surface area contributed by atoms with Gasteiger partial charge in [-0.3, -0.25) is 10.2 Å². The Bertz CT molecular complexity index is 536. The van der Waals surface area contributed by atoms with E-state index < -0.39 is 9.84 Å². The predicted octanol–water partition coefficient (Wildman–Crippen LogP) is 0.605. The fourth-order valence-electron chi connectivity index (χ4n) is 1.34. The Labute approximate surface area is 101 Å². The standard InChI is InChI=1S/C11H16N2O3S/c1-8-5-6-9(17(4,15)16)7-10(8)11(14)12-13(2)3/h5-7H,1-4H3,(H,12,14). The normalized spacial score (nSPS) is 11.6. The van der Waals surface area contributed by atoms with Crippen LogP contribution in [0.3, 0.4) is 0 Å². The van der Waals surface area contributed by atoms with Crippen LogP contribution in [0, 0.1) is 6.92 Å². The quantitative estimate of drug-likeness (QED) is 0.804. The number of rotatable bonds is 3. The van der Waals surface area contributed by atoms with E-state index in [0.717, 1.165) is 11.8 Å². The summed E-state index contributed by atoms with van der Waals surface area (Å²) in [5.74, 6) is -0.321. The maximum absolute atomic E-state index is 11.8. The first kappa shape index (κ1) is 13.7. The van der Waals surface area contributed by atoms with E-state index >= 15 is 0 Å². The number of amides is 1. The maximum Gasteiger partial charge on any atom is 0.265 e. The second kappa shape index (κ2) is 4.85. The third-order valence-electron chi connectivity index (χ3n) is 2.21. The first-order valence-electron chi connectivity index (χ1n) is 5.01. The van der Waals surface area contributed by atoms with Gasteiger partial charge in [0.15, 0.2) is 9.84 Å². The van der Waals surface area contributed by atoms with Gasteiger partial charge in [0.05, 0.1) is 4.90 Å². The van der Waals surface area contributed by atoms with E-state index in [4.69, 9.17) is 0 Å². The SMILES string of the molecule is Cc1ccc(S(C)(=O)=O)cc1C(=O)NN(C)C. The van der Waals surface area contributed by atoms with E-state index in [1.165, 1.54) is 17.1 Å². The van der Waals surface area contributed by atoms with E-state index in [9.17, 15) is 13.2 Å².